The van der Waals surface area contributed by atoms with E-state index in [1.165, 1.54) is 0 Å². The smallest absolute Gasteiger partial charge is 0.303 e. The minimum Gasteiger partial charge on any atom is -0.481 e. The molecule has 2 saturated heterocycles. The predicted octanol–water partition coefficient (Wildman–Crippen LogP) is 0.0782. The van der Waals surface area contributed by atoms with Crippen molar-refractivity contribution in [3.8, 4) is 0 Å². The van der Waals surface area contributed by atoms with Crippen molar-refractivity contribution in [2.24, 2.45) is 5.92 Å². The molecule has 6 nitrogen and oxygen atoms in total. The summed E-state index contributed by atoms with van der Waals surface area (Å²) >= 11 is 0. The van der Waals surface area contributed by atoms with Gasteiger partial charge in [0.1, 0.15) is 6.61 Å². The lowest BCUT2D eigenvalue weighted by molar-refractivity contribution is -0.140. The fourth-order valence-electron chi connectivity index (χ4n) is 2.72. The topological polar surface area (TPSA) is 78.9 Å². The SMILES string of the molecule is O=C(O)CC1CCN(C(=O)COC2CCNCC2)C1. The number of nitrogens with zero attached hydrogens (tertiary/aromatic N) is 1. The molecule has 0 aromatic carbocycles. The van der Waals surface area contributed by atoms with Gasteiger partial charge in [0.05, 0.1) is 6.10 Å². The number of hydrogen-bond donors (Lipinski definition) is 2. The Morgan fingerprint density at radius 3 is 2.68 bits per heavy atom. The molecule has 1 amide bonds. The average Bonchev–Trinajstić information content (AvgIpc) is 2.85. The number of carbonyl (C=O) groups excluding carboxylic acids is 1. The van der Waals surface area contributed by atoms with Crippen LogP contribution in [0.5, 0.6) is 0 Å². The third-order valence-corrected chi connectivity index (χ3v) is 3.83. The molecule has 0 aromatic heterocycles. The lowest BCUT2D eigenvalue weighted by Gasteiger charge is -2.24. The number of likely N-dealkylation sites (tertiary alicyclic amines) is 1. The molecule has 6 heteroatoms. The standard InChI is InChI=1S/C13H22N2O4/c16-12(9-19-11-1-4-14-5-2-11)15-6-3-10(8-15)7-13(17)18/h10-11,14H,1-9H2,(H,17,18). The van der Waals surface area contributed by atoms with E-state index in [0.717, 1.165) is 32.4 Å². The first kappa shape index (κ1) is 14.3. The number of hydrogen-bond acceptors (Lipinski definition) is 4. The normalized spacial score (nSPS) is 24.6. The molecule has 1 unspecified atom stereocenters. The van der Waals surface area contributed by atoms with Crippen molar-refractivity contribution in [2.45, 2.75) is 31.8 Å². The van der Waals surface area contributed by atoms with Gasteiger partial charge in [-0.25, -0.2) is 0 Å². The van der Waals surface area contributed by atoms with Crippen molar-refractivity contribution in [3.63, 3.8) is 0 Å². The summed E-state index contributed by atoms with van der Waals surface area (Å²) in [4.78, 5) is 24.3. The molecule has 0 radical (unpaired) electrons. The summed E-state index contributed by atoms with van der Waals surface area (Å²) in [5.74, 6) is -0.697. The summed E-state index contributed by atoms with van der Waals surface area (Å²) in [7, 11) is 0. The molecular formula is C13H22N2O4. The summed E-state index contributed by atoms with van der Waals surface area (Å²) in [5.41, 5.74) is 0. The predicted molar refractivity (Wildman–Crippen MR) is 68.8 cm³/mol. The van der Waals surface area contributed by atoms with E-state index in [2.05, 4.69) is 5.32 Å². The number of carbonyl (C=O) groups is 2. The van der Waals surface area contributed by atoms with Gasteiger partial charge < -0.3 is 20.1 Å². The Morgan fingerprint density at radius 1 is 1.26 bits per heavy atom. The lowest BCUT2D eigenvalue weighted by atomic mass is 10.1. The molecule has 0 saturated carbocycles. The Labute approximate surface area is 113 Å². The van der Waals surface area contributed by atoms with Crippen molar-refractivity contribution >= 4 is 11.9 Å². The zero-order valence-corrected chi connectivity index (χ0v) is 11.1. The van der Waals surface area contributed by atoms with E-state index in [1.807, 2.05) is 0 Å². The second-order valence-corrected chi connectivity index (χ2v) is 5.35. The number of ether oxygens (including phenoxy) is 1. The lowest BCUT2D eigenvalue weighted by Crippen LogP contribution is -2.37. The maximum atomic E-state index is 12.0. The monoisotopic (exact) mass is 270 g/mol. The van der Waals surface area contributed by atoms with Gasteiger partial charge in [-0.2, -0.15) is 0 Å². The molecule has 2 N–H and O–H groups in total. The molecule has 1 atom stereocenters. The van der Waals surface area contributed by atoms with E-state index in [1.54, 1.807) is 4.90 Å². The van der Waals surface area contributed by atoms with Crippen molar-refractivity contribution in [3.05, 3.63) is 0 Å². The van der Waals surface area contributed by atoms with Crippen LogP contribution < -0.4 is 5.32 Å². The van der Waals surface area contributed by atoms with Gasteiger partial charge in [-0.15, -0.1) is 0 Å². The minimum absolute atomic E-state index is 0.00794. The Balaban J connectivity index is 1.67. The number of carboxylic acid groups (broad SMARTS) is 1. The summed E-state index contributed by atoms with van der Waals surface area (Å²) in [5, 5.41) is 12.0. The van der Waals surface area contributed by atoms with Crippen LogP contribution in [0.2, 0.25) is 0 Å². The van der Waals surface area contributed by atoms with Crippen LogP contribution in [-0.4, -0.2) is 60.8 Å². The van der Waals surface area contributed by atoms with Crippen LogP contribution >= 0.6 is 0 Å². The third-order valence-electron chi connectivity index (χ3n) is 3.83. The van der Waals surface area contributed by atoms with Gasteiger partial charge in [0.25, 0.3) is 0 Å². The average molecular weight is 270 g/mol. The van der Waals surface area contributed by atoms with Crippen molar-refractivity contribution in [2.75, 3.05) is 32.8 Å². The van der Waals surface area contributed by atoms with Gasteiger partial charge in [0.2, 0.25) is 5.91 Å². The van der Waals surface area contributed by atoms with Gasteiger partial charge in [0.15, 0.2) is 0 Å². The van der Waals surface area contributed by atoms with Crippen LogP contribution in [0.3, 0.4) is 0 Å². The number of rotatable bonds is 5. The molecule has 2 aliphatic rings. The molecule has 0 aliphatic carbocycles. The molecule has 2 rings (SSSR count). The number of piperidine rings is 1. The zero-order chi connectivity index (χ0) is 13.7. The quantitative estimate of drug-likeness (QED) is 0.739. The minimum atomic E-state index is -0.787. The molecule has 19 heavy (non-hydrogen) atoms. The van der Waals surface area contributed by atoms with Gasteiger partial charge in [-0.1, -0.05) is 0 Å². The van der Waals surface area contributed by atoms with E-state index >= 15 is 0 Å². The Morgan fingerprint density at radius 2 is 2.00 bits per heavy atom. The molecule has 0 aromatic rings. The summed E-state index contributed by atoms with van der Waals surface area (Å²) in [6.07, 6.45) is 3.02. The van der Waals surface area contributed by atoms with Crippen LogP contribution in [0.25, 0.3) is 0 Å². The number of aliphatic carboxylic acids is 1. The molecule has 0 spiro atoms. The second kappa shape index (κ2) is 6.86. The summed E-state index contributed by atoms with van der Waals surface area (Å²) < 4.78 is 5.63. The fraction of sp³-hybridized carbons (Fsp3) is 0.846. The Kier molecular flexibility index (Phi) is 5.15. The Bertz CT molecular complexity index is 329. The first-order valence-electron chi connectivity index (χ1n) is 6.97. The molecule has 108 valence electrons. The van der Waals surface area contributed by atoms with E-state index in [-0.39, 0.29) is 31.0 Å². The zero-order valence-electron chi connectivity index (χ0n) is 11.1. The van der Waals surface area contributed by atoms with Crippen molar-refractivity contribution in [1.82, 2.24) is 10.2 Å². The Hall–Kier alpha value is -1.14. The number of amides is 1. The van der Waals surface area contributed by atoms with Crippen LogP contribution in [0, 0.1) is 5.92 Å². The highest BCUT2D eigenvalue weighted by Crippen LogP contribution is 2.19. The summed E-state index contributed by atoms with van der Waals surface area (Å²) in [6, 6.07) is 0. The molecule has 2 fully saturated rings. The molecule has 0 bridgehead atoms. The highest BCUT2D eigenvalue weighted by molar-refractivity contribution is 5.78. The van der Waals surface area contributed by atoms with E-state index in [4.69, 9.17) is 9.84 Å². The summed E-state index contributed by atoms with van der Waals surface area (Å²) in [6.45, 7) is 3.24. The fourth-order valence-corrected chi connectivity index (χ4v) is 2.72. The first-order chi connectivity index (χ1) is 9.15. The van der Waals surface area contributed by atoms with Crippen LogP contribution in [-0.2, 0) is 14.3 Å². The van der Waals surface area contributed by atoms with Crippen molar-refractivity contribution < 1.29 is 19.4 Å². The maximum absolute atomic E-state index is 12.0. The molecular weight excluding hydrogens is 248 g/mol. The van der Waals surface area contributed by atoms with Gasteiger partial charge in [-0.3, -0.25) is 9.59 Å². The van der Waals surface area contributed by atoms with Crippen LogP contribution in [0.15, 0.2) is 0 Å². The van der Waals surface area contributed by atoms with Crippen LogP contribution in [0.4, 0.5) is 0 Å². The van der Waals surface area contributed by atoms with Gasteiger partial charge in [0, 0.05) is 19.5 Å². The maximum Gasteiger partial charge on any atom is 0.303 e. The van der Waals surface area contributed by atoms with Crippen molar-refractivity contribution in [1.29, 1.82) is 0 Å². The molecule has 2 aliphatic heterocycles. The highest BCUT2D eigenvalue weighted by atomic mass is 16.5. The van der Waals surface area contributed by atoms with Gasteiger partial charge >= 0.3 is 5.97 Å². The third kappa shape index (κ3) is 4.47. The largest absolute Gasteiger partial charge is 0.481 e. The van der Waals surface area contributed by atoms with E-state index < -0.39 is 5.97 Å². The molecule has 2 heterocycles. The van der Waals surface area contributed by atoms with Crippen LogP contribution in [0.1, 0.15) is 25.7 Å². The number of carboxylic acids is 1. The number of nitrogens with one attached hydrogen (secondary N) is 1. The second-order valence-electron chi connectivity index (χ2n) is 5.35. The first-order valence-corrected chi connectivity index (χ1v) is 6.97. The van der Waals surface area contributed by atoms with E-state index in [9.17, 15) is 9.59 Å². The highest BCUT2D eigenvalue weighted by Gasteiger charge is 2.28. The van der Waals surface area contributed by atoms with Gasteiger partial charge in [-0.05, 0) is 38.3 Å². The van der Waals surface area contributed by atoms with E-state index in [0.29, 0.717) is 13.1 Å².